The highest BCUT2D eigenvalue weighted by atomic mass is 35.5. The Hall–Kier alpha value is -2.41. The van der Waals surface area contributed by atoms with Crippen LogP contribution in [0.2, 0.25) is 10.0 Å². The molecule has 1 atom stereocenters. The molecule has 1 aliphatic rings. The summed E-state index contributed by atoms with van der Waals surface area (Å²) >= 11 is 12.2. The second-order valence-electron chi connectivity index (χ2n) is 7.57. The maximum atomic E-state index is 12.7. The van der Waals surface area contributed by atoms with Gasteiger partial charge in [0.05, 0.1) is 17.5 Å². The van der Waals surface area contributed by atoms with Crippen molar-refractivity contribution in [2.75, 3.05) is 18.4 Å². The molecule has 0 spiro atoms. The van der Waals surface area contributed by atoms with E-state index in [1.807, 2.05) is 31.2 Å². The van der Waals surface area contributed by atoms with Crippen LogP contribution in [0, 0.1) is 12.8 Å². The largest absolute Gasteiger partial charge is 0.338 e. The maximum absolute atomic E-state index is 12.7. The highest BCUT2D eigenvalue weighted by Crippen LogP contribution is 2.29. The van der Waals surface area contributed by atoms with E-state index in [0.29, 0.717) is 40.4 Å². The van der Waals surface area contributed by atoms with E-state index in [9.17, 15) is 4.79 Å². The lowest BCUT2D eigenvalue weighted by atomic mass is 9.97. The molecule has 1 aliphatic heterocycles. The first-order valence-electron chi connectivity index (χ1n) is 9.86. The van der Waals surface area contributed by atoms with E-state index < -0.39 is 0 Å². The smallest absolute Gasteiger partial charge is 0.241 e. The summed E-state index contributed by atoms with van der Waals surface area (Å²) in [5, 5.41) is 8.08. The Morgan fingerprint density at radius 2 is 2.03 bits per heavy atom. The number of carbonyl (C=O) groups excluding carboxylic acids is 1. The van der Waals surface area contributed by atoms with E-state index in [1.54, 1.807) is 18.2 Å². The Kier molecular flexibility index (Phi) is 6.37. The van der Waals surface area contributed by atoms with Gasteiger partial charge in [-0.1, -0.05) is 46.1 Å². The first-order valence-corrected chi connectivity index (χ1v) is 10.6. The van der Waals surface area contributed by atoms with Crippen molar-refractivity contribution in [2.24, 2.45) is 5.92 Å². The minimum atomic E-state index is -0.0758. The van der Waals surface area contributed by atoms with Crippen LogP contribution >= 0.6 is 23.2 Å². The van der Waals surface area contributed by atoms with E-state index in [2.05, 4.69) is 20.4 Å². The van der Waals surface area contributed by atoms with E-state index in [0.717, 1.165) is 30.6 Å². The number of anilines is 1. The van der Waals surface area contributed by atoms with Gasteiger partial charge in [0.2, 0.25) is 17.6 Å². The lowest BCUT2D eigenvalue weighted by molar-refractivity contribution is -0.121. The number of nitrogens with one attached hydrogen (secondary N) is 1. The molecule has 1 aromatic heterocycles. The molecule has 2 heterocycles. The van der Waals surface area contributed by atoms with Crippen LogP contribution in [0.5, 0.6) is 0 Å². The molecule has 156 valence electrons. The summed E-state index contributed by atoms with van der Waals surface area (Å²) in [7, 11) is 0. The third-order valence-electron chi connectivity index (χ3n) is 5.19. The summed E-state index contributed by atoms with van der Waals surface area (Å²) in [5.74, 6) is 0.892. The van der Waals surface area contributed by atoms with Gasteiger partial charge in [-0.05, 0) is 56.6 Å². The van der Waals surface area contributed by atoms with E-state index >= 15 is 0 Å². The van der Waals surface area contributed by atoms with Gasteiger partial charge < -0.3 is 9.84 Å². The second-order valence-corrected chi connectivity index (χ2v) is 8.41. The van der Waals surface area contributed by atoms with E-state index in [1.165, 1.54) is 0 Å². The first-order chi connectivity index (χ1) is 14.5. The summed E-state index contributed by atoms with van der Waals surface area (Å²) in [5.41, 5.74) is 2.66. The Morgan fingerprint density at radius 3 is 2.80 bits per heavy atom. The van der Waals surface area contributed by atoms with Crippen LogP contribution in [0.4, 0.5) is 5.69 Å². The molecular formula is C22H22Cl2N4O2. The van der Waals surface area contributed by atoms with Crippen LogP contribution in [-0.2, 0) is 11.3 Å². The average Bonchev–Trinajstić information content (AvgIpc) is 3.18. The van der Waals surface area contributed by atoms with Gasteiger partial charge in [-0.2, -0.15) is 4.98 Å². The highest BCUT2D eigenvalue weighted by molar-refractivity contribution is 6.36. The van der Waals surface area contributed by atoms with Gasteiger partial charge in [-0.3, -0.25) is 9.69 Å². The number of benzene rings is 2. The molecule has 1 N–H and O–H groups in total. The molecular weight excluding hydrogens is 423 g/mol. The fraction of sp³-hybridized carbons (Fsp3) is 0.318. The number of likely N-dealkylation sites (tertiary alicyclic amines) is 1. The maximum Gasteiger partial charge on any atom is 0.241 e. The Balaban J connectivity index is 1.37. The fourth-order valence-electron chi connectivity index (χ4n) is 3.58. The zero-order valence-corrected chi connectivity index (χ0v) is 18.1. The zero-order valence-electron chi connectivity index (χ0n) is 16.6. The van der Waals surface area contributed by atoms with Gasteiger partial charge in [0.25, 0.3) is 0 Å². The van der Waals surface area contributed by atoms with Gasteiger partial charge in [-0.15, -0.1) is 0 Å². The number of nitrogens with zero attached hydrogens (tertiary/aromatic N) is 3. The van der Waals surface area contributed by atoms with Crippen LogP contribution < -0.4 is 5.32 Å². The molecule has 6 nitrogen and oxygen atoms in total. The number of hydrogen-bond acceptors (Lipinski definition) is 5. The molecule has 0 aliphatic carbocycles. The minimum absolute atomic E-state index is 0.0442. The predicted octanol–water partition coefficient (Wildman–Crippen LogP) is 5.20. The number of hydrogen-bond donors (Lipinski definition) is 1. The lowest BCUT2D eigenvalue weighted by Crippen LogP contribution is -2.40. The number of halogens is 2. The van der Waals surface area contributed by atoms with Gasteiger partial charge in [0.15, 0.2) is 0 Å². The normalized spacial score (nSPS) is 17.1. The molecule has 1 unspecified atom stereocenters. The molecule has 1 amide bonds. The SMILES string of the molecule is Cc1ccc(NC(=O)C2CCCN(Cc3nc(-c4ccc(Cl)cc4Cl)no3)C2)cc1. The van der Waals surface area contributed by atoms with Crippen molar-refractivity contribution in [3.8, 4) is 11.4 Å². The topological polar surface area (TPSA) is 71.3 Å². The standard InChI is InChI=1S/C22H22Cl2N4O2/c1-14-4-7-17(8-5-14)25-22(29)15-3-2-10-28(12-15)13-20-26-21(27-30-20)18-9-6-16(23)11-19(18)24/h4-9,11,15H,2-3,10,12-13H2,1H3,(H,25,29). The summed E-state index contributed by atoms with van der Waals surface area (Å²) < 4.78 is 5.41. The van der Waals surface area contributed by atoms with Crippen LogP contribution in [0.15, 0.2) is 47.0 Å². The van der Waals surface area contributed by atoms with Crippen molar-refractivity contribution >= 4 is 34.8 Å². The molecule has 30 heavy (non-hydrogen) atoms. The Morgan fingerprint density at radius 1 is 1.23 bits per heavy atom. The van der Waals surface area contributed by atoms with Crippen LogP contribution in [0.3, 0.4) is 0 Å². The Labute approximate surface area is 185 Å². The van der Waals surface area contributed by atoms with Crippen molar-refractivity contribution < 1.29 is 9.32 Å². The summed E-state index contributed by atoms with van der Waals surface area (Å²) in [6.07, 6.45) is 1.81. The van der Waals surface area contributed by atoms with E-state index in [4.69, 9.17) is 27.7 Å². The number of amides is 1. The lowest BCUT2D eigenvalue weighted by Gasteiger charge is -2.30. The van der Waals surface area contributed by atoms with Crippen molar-refractivity contribution in [1.29, 1.82) is 0 Å². The zero-order chi connectivity index (χ0) is 21.1. The molecule has 0 radical (unpaired) electrons. The molecule has 0 saturated carbocycles. The number of aromatic nitrogens is 2. The van der Waals surface area contributed by atoms with Gasteiger partial charge in [0, 0.05) is 22.8 Å². The molecule has 1 saturated heterocycles. The van der Waals surface area contributed by atoms with E-state index in [-0.39, 0.29) is 11.8 Å². The number of carbonyl (C=O) groups is 1. The first kappa shape index (κ1) is 20.8. The molecule has 0 bridgehead atoms. The molecule has 3 aromatic rings. The quantitative estimate of drug-likeness (QED) is 0.585. The van der Waals surface area contributed by atoms with Gasteiger partial charge >= 0.3 is 0 Å². The highest BCUT2D eigenvalue weighted by Gasteiger charge is 2.27. The monoisotopic (exact) mass is 444 g/mol. The Bertz CT molecular complexity index is 1040. The third kappa shape index (κ3) is 5.01. The molecule has 2 aromatic carbocycles. The molecule has 1 fully saturated rings. The van der Waals surface area contributed by atoms with Crippen molar-refractivity contribution in [1.82, 2.24) is 15.0 Å². The summed E-state index contributed by atoms with van der Waals surface area (Å²) in [4.78, 5) is 19.3. The molecule has 4 rings (SSSR count). The van der Waals surface area contributed by atoms with Crippen LogP contribution in [-0.4, -0.2) is 34.0 Å². The average molecular weight is 445 g/mol. The third-order valence-corrected chi connectivity index (χ3v) is 5.74. The summed E-state index contributed by atoms with van der Waals surface area (Å²) in [6.45, 7) is 4.05. The van der Waals surface area contributed by atoms with Gasteiger partial charge in [-0.25, -0.2) is 0 Å². The van der Waals surface area contributed by atoms with Gasteiger partial charge in [0.1, 0.15) is 0 Å². The van der Waals surface area contributed by atoms with Crippen LogP contribution in [0.1, 0.15) is 24.3 Å². The predicted molar refractivity (Wildman–Crippen MR) is 118 cm³/mol. The molecule has 8 heteroatoms. The summed E-state index contributed by atoms with van der Waals surface area (Å²) in [6, 6.07) is 13.0. The van der Waals surface area contributed by atoms with Crippen molar-refractivity contribution in [3.05, 3.63) is 64.0 Å². The van der Waals surface area contributed by atoms with Crippen molar-refractivity contribution in [2.45, 2.75) is 26.3 Å². The number of rotatable bonds is 5. The number of piperidine rings is 1. The fourth-order valence-corrected chi connectivity index (χ4v) is 4.08. The van der Waals surface area contributed by atoms with Crippen molar-refractivity contribution in [3.63, 3.8) is 0 Å². The van der Waals surface area contributed by atoms with Crippen LogP contribution in [0.25, 0.3) is 11.4 Å². The second kappa shape index (κ2) is 9.16. The number of aryl methyl sites for hydroxylation is 1. The minimum Gasteiger partial charge on any atom is -0.338 e.